The Hall–Kier alpha value is -4.50. The Morgan fingerprint density at radius 3 is 2.35 bits per heavy atom. The van der Waals surface area contributed by atoms with Crippen LogP contribution in [0.4, 0.5) is 5.82 Å². The van der Waals surface area contributed by atoms with Crippen molar-refractivity contribution in [3.05, 3.63) is 102 Å². The third kappa shape index (κ3) is 3.66. The van der Waals surface area contributed by atoms with Crippen LogP contribution in [0.1, 0.15) is 29.9 Å². The van der Waals surface area contributed by atoms with Crippen LogP contribution in [0.25, 0.3) is 33.2 Å². The lowest BCUT2D eigenvalue weighted by Crippen LogP contribution is -2.18. The Morgan fingerprint density at radius 2 is 1.62 bits per heavy atom. The number of fused-ring (bicyclic) bond motifs is 2. The van der Waals surface area contributed by atoms with Crippen LogP contribution in [-0.2, 0) is 10.0 Å². The van der Waals surface area contributed by atoms with Gasteiger partial charge in [0.2, 0.25) is 0 Å². The van der Waals surface area contributed by atoms with E-state index in [2.05, 4.69) is 19.9 Å². The average Bonchev–Trinajstić information content (AvgIpc) is 3.50. The monoisotopic (exact) mass is 508 g/mol. The predicted octanol–water partition coefficient (Wildman–Crippen LogP) is 5.25. The molecule has 0 bridgehead atoms. The molecule has 0 aliphatic heterocycles. The topological polar surface area (TPSA) is 120 Å². The lowest BCUT2D eigenvalue weighted by atomic mass is 9.96. The second-order valence-corrected chi connectivity index (χ2v) is 10.8. The van der Waals surface area contributed by atoms with Gasteiger partial charge in [0.1, 0.15) is 17.7 Å². The zero-order chi connectivity index (χ0) is 25.7. The summed E-state index contributed by atoms with van der Waals surface area (Å²) >= 11 is 0. The van der Waals surface area contributed by atoms with Crippen molar-refractivity contribution in [1.82, 2.24) is 23.9 Å². The Labute approximate surface area is 213 Å². The van der Waals surface area contributed by atoms with E-state index in [0.29, 0.717) is 28.2 Å². The van der Waals surface area contributed by atoms with E-state index in [1.807, 2.05) is 68.4 Å². The van der Waals surface area contributed by atoms with E-state index in [0.717, 1.165) is 22.1 Å². The van der Waals surface area contributed by atoms with E-state index in [-0.39, 0.29) is 10.7 Å². The van der Waals surface area contributed by atoms with Crippen LogP contribution in [0.15, 0.2) is 90.1 Å². The number of anilines is 1. The van der Waals surface area contributed by atoms with Crippen molar-refractivity contribution >= 4 is 37.9 Å². The summed E-state index contributed by atoms with van der Waals surface area (Å²) in [4.78, 5) is 16.4. The number of H-pyrrole nitrogens is 1. The van der Waals surface area contributed by atoms with Gasteiger partial charge in [0.25, 0.3) is 10.0 Å². The summed E-state index contributed by atoms with van der Waals surface area (Å²) < 4.78 is 30.0. The number of rotatable bonds is 5. The number of aromatic amines is 1. The number of nitrogens with zero attached hydrogens (tertiary/aromatic N) is 4. The standard InChI is InChI=1S/C28H24N6O2S/c1-17-12-14-20(15-13-17)37(35,36)34-22-11-7-6-10-21(22)23(19-8-4-3-5-9-19)25(34)18(2)27-32-24-26(29)30-16-31-28(24)33-27/h3-16,18H,1-2H3,(H3,29,30,31,32,33). The molecule has 0 amide bonds. The van der Waals surface area contributed by atoms with Crippen molar-refractivity contribution in [3.63, 3.8) is 0 Å². The Bertz CT molecular complexity index is 1870. The van der Waals surface area contributed by atoms with Crippen molar-refractivity contribution in [2.75, 3.05) is 5.73 Å². The Morgan fingerprint density at radius 1 is 0.919 bits per heavy atom. The van der Waals surface area contributed by atoms with Gasteiger partial charge in [-0.2, -0.15) is 0 Å². The number of hydrogen-bond donors (Lipinski definition) is 2. The lowest BCUT2D eigenvalue weighted by Gasteiger charge is -2.18. The maximum atomic E-state index is 14.3. The van der Waals surface area contributed by atoms with Gasteiger partial charge >= 0.3 is 0 Å². The first-order valence-corrected chi connectivity index (χ1v) is 13.3. The SMILES string of the molecule is Cc1ccc(S(=O)(=O)n2c(C(C)c3nc4c(N)ncnc4[nH]3)c(-c3ccccc3)c3ccccc32)cc1. The normalized spacial score (nSPS) is 12.8. The first-order valence-electron chi connectivity index (χ1n) is 11.8. The molecular weight excluding hydrogens is 484 g/mol. The summed E-state index contributed by atoms with van der Waals surface area (Å²) in [6.07, 6.45) is 1.37. The Kier molecular flexibility index (Phi) is 5.31. The molecule has 0 aliphatic rings. The molecule has 3 N–H and O–H groups in total. The number of nitrogen functional groups attached to an aromatic ring is 1. The van der Waals surface area contributed by atoms with E-state index in [1.165, 1.54) is 10.3 Å². The molecule has 0 spiro atoms. The largest absolute Gasteiger partial charge is 0.382 e. The lowest BCUT2D eigenvalue weighted by molar-refractivity contribution is 0.585. The third-order valence-electron chi connectivity index (χ3n) is 6.64. The molecule has 6 rings (SSSR count). The van der Waals surface area contributed by atoms with Crippen LogP contribution in [0.5, 0.6) is 0 Å². The molecule has 3 heterocycles. The molecule has 3 aromatic heterocycles. The van der Waals surface area contributed by atoms with Gasteiger partial charge in [0, 0.05) is 10.9 Å². The molecular formula is C28H24N6O2S. The molecule has 3 aromatic carbocycles. The van der Waals surface area contributed by atoms with Crippen molar-refractivity contribution in [2.24, 2.45) is 0 Å². The van der Waals surface area contributed by atoms with Crippen molar-refractivity contribution in [1.29, 1.82) is 0 Å². The summed E-state index contributed by atoms with van der Waals surface area (Å²) in [5, 5.41) is 0.835. The molecule has 8 nitrogen and oxygen atoms in total. The number of benzene rings is 3. The smallest absolute Gasteiger partial charge is 0.268 e. The number of nitrogens with one attached hydrogen (secondary N) is 1. The van der Waals surface area contributed by atoms with Crippen LogP contribution < -0.4 is 5.73 Å². The maximum absolute atomic E-state index is 14.3. The van der Waals surface area contributed by atoms with Gasteiger partial charge in [-0.25, -0.2) is 27.3 Å². The summed E-state index contributed by atoms with van der Waals surface area (Å²) in [6, 6.07) is 24.3. The minimum atomic E-state index is -3.97. The number of nitrogens with two attached hydrogens (primary N) is 1. The fourth-order valence-electron chi connectivity index (χ4n) is 4.81. The van der Waals surface area contributed by atoms with Gasteiger partial charge in [-0.1, -0.05) is 66.2 Å². The molecule has 184 valence electrons. The van der Waals surface area contributed by atoms with Crippen molar-refractivity contribution < 1.29 is 8.42 Å². The second-order valence-electron chi connectivity index (χ2n) is 9.03. The van der Waals surface area contributed by atoms with Gasteiger partial charge in [0.05, 0.1) is 22.0 Å². The van der Waals surface area contributed by atoms with E-state index in [9.17, 15) is 8.42 Å². The highest BCUT2D eigenvalue weighted by atomic mass is 32.2. The number of aromatic nitrogens is 5. The zero-order valence-electron chi connectivity index (χ0n) is 20.3. The number of imidazole rings is 1. The second kappa shape index (κ2) is 8.56. The summed E-state index contributed by atoms with van der Waals surface area (Å²) in [5.74, 6) is 0.342. The maximum Gasteiger partial charge on any atom is 0.268 e. The van der Waals surface area contributed by atoms with E-state index < -0.39 is 15.9 Å². The van der Waals surface area contributed by atoms with Gasteiger partial charge < -0.3 is 10.7 Å². The van der Waals surface area contributed by atoms with Crippen LogP contribution in [0.3, 0.4) is 0 Å². The average molecular weight is 509 g/mol. The molecule has 0 aliphatic carbocycles. The minimum Gasteiger partial charge on any atom is -0.382 e. The fourth-order valence-corrected chi connectivity index (χ4v) is 6.42. The van der Waals surface area contributed by atoms with Crippen molar-refractivity contribution in [3.8, 4) is 11.1 Å². The predicted molar refractivity (Wildman–Crippen MR) is 145 cm³/mol. The highest BCUT2D eigenvalue weighted by Crippen LogP contribution is 2.42. The molecule has 37 heavy (non-hydrogen) atoms. The molecule has 0 saturated heterocycles. The van der Waals surface area contributed by atoms with Crippen LogP contribution in [0.2, 0.25) is 0 Å². The first kappa shape index (κ1) is 22.9. The zero-order valence-corrected chi connectivity index (χ0v) is 21.1. The minimum absolute atomic E-state index is 0.214. The van der Waals surface area contributed by atoms with Crippen LogP contribution in [0, 0.1) is 6.92 Å². The molecule has 0 fully saturated rings. The summed E-state index contributed by atoms with van der Waals surface area (Å²) in [6.45, 7) is 3.86. The van der Waals surface area contributed by atoms with Gasteiger partial charge in [-0.15, -0.1) is 0 Å². The quantitative estimate of drug-likeness (QED) is 0.328. The molecule has 1 unspecified atom stereocenters. The van der Waals surface area contributed by atoms with Gasteiger partial charge in [-0.05, 0) is 37.6 Å². The third-order valence-corrected chi connectivity index (χ3v) is 8.38. The Balaban J connectivity index is 1.71. The van der Waals surface area contributed by atoms with E-state index >= 15 is 0 Å². The molecule has 0 saturated carbocycles. The molecule has 1 atom stereocenters. The molecule has 6 aromatic rings. The molecule has 9 heteroatoms. The summed E-state index contributed by atoms with van der Waals surface area (Å²) in [7, 11) is -3.97. The number of hydrogen-bond acceptors (Lipinski definition) is 6. The summed E-state index contributed by atoms with van der Waals surface area (Å²) in [5.41, 5.74) is 10.9. The highest BCUT2D eigenvalue weighted by molar-refractivity contribution is 7.90. The van der Waals surface area contributed by atoms with Gasteiger partial charge in [-0.3, -0.25) is 0 Å². The van der Waals surface area contributed by atoms with E-state index in [1.54, 1.807) is 24.3 Å². The van der Waals surface area contributed by atoms with Crippen molar-refractivity contribution in [2.45, 2.75) is 24.7 Å². The van der Waals surface area contributed by atoms with Gasteiger partial charge in [0.15, 0.2) is 11.5 Å². The first-order chi connectivity index (χ1) is 17.9. The van der Waals surface area contributed by atoms with Crippen LogP contribution >= 0.6 is 0 Å². The fraction of sp³-hybridized carbons (Fsp3) is 0.107. The number of para-hydroxylation sites is 1. The van der Waals surface area contributed by atoms with Crippen LogP contribution in [-0.4, -0.2) is 32.3 Å². The molecule has 0 radical (unpaired) electrons. The highest BCUT2D eigenvalue weighted by Gasteiger charge is 2.32. The number of aryl methyl sites for hydroxylation is 1. The van der Waals surface area contributed by atoms with E-state index in [4.69, 9.17) is 5.73 Å².